The van der Waals surface area contributed by atoms with Gasteiger partial charge in [-0.25, -0.2) is 0 Å². The molecule has 4 heteroatoms. The Hall–Kier alpha value is -6.62. The maximum Gasteiger partial charge on any atom is 0.104 e. The van der Waals surface area contributed by atoms with Gasteiger partial charge in [-0.1, -0.05) is 103 Å². The van der Waals surface area contributed by atoms with Crippen LogP contribution in [0.15, 0.2) is 146 Å². The summed E-state index contributed by atoms with van der Waals surface area (Å²) in [5.74, 6) is 0. The third-order valence-corrected chi connectivity index (χ3v) is 9.16. The van der Waals surface area contributed by atoms with Gasteiger partial charge in [0, 0.05) is 21.5 Å². The molecule has 2 heterocycles. The molecular weight excluding hydrogens is 560 g/mol. The van der Waals surface area contributed by atoms with Crippen LogP contribution in [0.3, 0.4) is 0 Å². The summed E-state index contributed by atoms with van der Waals surface area (Å²) in [7, 11) is 0. The van der Waals surface area contributed by atoms with Crippen LogP contribution >= 0.6 is 0 Å². The van der Waals surface area contributed by atoms with Gasteiger partial charge in [0.1, 0.15) is 11.6 Å². The molecule has 9 rings (SSSR count). The van der Waals surface area contributed by atoms with Crippen LogP contribution in [0, 0.1) is 22.7 Å². The fourth-order valence-electron chi connectivity index (χ4n) is 7.19. The third kappa shape index (κ3) is 3.65. The van der Waals surface area contributed by atoms with Crippen molar-refractivity contribution in [2.24, 2.45) is 0 Å². The monoisotopic (exact) mass is 584 g/mol. The lowest BCUT2D eigenvalue weighted by molar-refractivity contribution is 1.11. The van der Waals surface area contributed by atoms with Gasteiger partial charge in [-0.3, -0.25) is 0 Å². The summed E-state index contributed by atoms with van der Waals surface area (Å²) in [6.45, 7) is 0. The SMILES string of the molecule is N#Cc1cc(-n2c3ccccc3c3cc(-c4ccccc4)ccc32)c(C#N)c(-n2c3ccccc3c3c4ccccc4ccc32)c1. The smallest absolute Gasteiger partial charge is 0.104 e. The summed E-state index contributed by atoms with van der Waals surface area (Å²) in [4.78, 5) is 0. The van der Waals surface area contributed by atoms with E-state index in [0.29, 0.717) is 22.5 Å². The Kier molecular flexibility index (Phi) is 5.59. The van der Waals surface area contributed by atoms with Crippen molar-refractivity contribution < 1.29 is 0 Å². The number of nitriles is 2. The predicted molar refractivity (Wildman–Crippen MR) is 187 cm³/mol. The van der Waals surface area contributed by atoms with Gasteiger partial charge in [-0.15, -0.1) is 0 Å². The Bertz CT molecular complexity index is 2770. The second-order valence-corrected chi connectivity index (χ2v) is 11.6. The van der Waals surface area contributed by atoms with E-state index in [1.54, 1.807) is 0 Å². The average Bonchev–Trinajstić information content (AvgIpc) is 3.64. The Morgan fingerprint density at radius 1 is 0.413 bits per heavy atom. The summed E-state index contributed by atoms with van der Waals surface area (Å²) in [6, 6.07) is 54.8. The lowest BCUT2D eigenvalue weighted by Crippen LogP contribution is -2.05. The first kappa shape index (κ1) is 25.8. The molecular formula is C42H24N4. The molecule has 46 heavy (non-hydrogen) atoms. The van der Waals surface area contributed by atoms with Crippen molar-refractivity contribution >= 4 is 54.4 Å². The lowest BCUT2D eigenvalue weighted by Gasteiger charge is -2.16. The van der Waals surface area contributed by atoms with Gasteiger partial charge in [-0.05, 0) is 64.4 Å². The molecule has 0 N–H and O–H groups in total. The molecule has 0 atom stereocenters. The lowest BCUT2D eigenvalue weighted by atomic mass is 10.0. The van der Waals surface area contributed by atoms with E-state index in [1.165, 1.54) is 0 Å². The zero-order chi connectivity index (χ0) is 30.8. The highest BCUT2D eigenvalue weighted by Crippen LogP contribution is 2.41. The summed E-state index contributed by atoms with van der Waals surface area (Å²) < 4.78 is 4.30. The van der Waals surface area contributed by atoms with Crippen LogP contribution in [-0.4, -0.2) is 9.13 Å². The first-order chi connectivity index (χ1) is 22.7. The van der Waals surface area contributed by atoms with Crippen molar-refractivity contribution in [3.05, 3.63) is 157 Å². The number of fused-ring (bicyclic) bond motifs is 8. The van der Waals surface area contributed by atoms with Crippen LogP contribution in [0.25, 0.3) is 76.9 Å². The van der Waals surface area contributed by atoms with Crippen molar-refractivity contribution in [2.45, 2.75) is 0 Å². The highest BCUT2D eigenvalue weighted by atomic mass is 15.0. The molecule has 0 radical (unpaired) electrons. The van der Waals surface area contributed by atoms with Crippen LogP contribution in [0.1, 0.15) is 11.1 Å². The van der Waals surface area contributed by atoms with Crippen LogP contribution in [0.2, 0.25) is 0 Å². The molecule has 0 unspecified atom stereocenters. The molecule has 0 aliphatic carbocycles. The molecule has 9 aromatic rings. The van der Waals surface area contributed by atoms with Gasteiger partial charge in [0.15, 0.2) is 0 Å². The van der Waals surface area contributed by atoms with Gasteiger partial charge >= 0.3 is 0 Å². The Morgan fingerprint density at radius 2 is 1.00 bits per heavy atom. The fraction of sp³-hybridized carbons (Fsp3) is 0. The molecule has 0 saturated heterocycles. The fourth-order valence-corrected chi connectivity index (χ4v) is 7.19. The summed E-state index contributed by atoms with van der Waals surface area (Å²) in [5, 5.41) is 28.0. The van der Waals surface area contributed by atoms with E-state index in [-0.39, 0.29) is 0 Å². The molecule has 0 fully saturated rings. The molecule has 0 saturated carbocycles. The molecule has 212 valence electrons. The summed E-state index contributed by atoms with van der Waals surface area (Å²) in [5.41, 5.74) is 8.57. The maximum absolute atomic E-state index is 11.0. The highest BCUT2D eigenvalue weighted by Gasteiger charge is 2.22. The van der Waals surface area contributed by atoms with Crippen LogP contribution in [0.5, 0.6) is 0 Å². The molecule has 0 amide bonds. The first-order valence-corrected chi connectivity index (χ1v) is 15.2. The van der Waals surface area contributed by atoms with Crippen LogP contribution < -0.4 is 0 Å². The van der Waals surface area contributed by atoms with E-state index in [9.17, 15) is 10.5 Å². The molecule has 0 bridgehead atoms. The van der Waals surface area contributed by atoms with E-state index in [4.69, 9.17) is 0 Å². The average molecular weight is 585 g/mol. The van der Waals surface area contributed by atoms with Crippen LogP contribution in [0.4, 0.5) is 0 Å². The Balaban J connectivity index is 1.40. The van der Waals surface area contributed by atoms with Gasteiger partial charge in [-0.2, -0.15) is 10.5 Å². The summed E-state index contributed by atoms with van der Waals surface area (Å²) in [6.07, 6.45) is 0. The predicted octanol–water partition coefficient (Wildman–Crippen LogP) is 10.4. The molecule has 0 aliphatic heterocycles. The zero-order valence-electron chi connectivity index (χ0n) is 24.6. The van der Waals surface area contributed by atoms with Gasteiger partial charge in [0.25, 0.3) is 0 Å². The Labute approximate surface area is 264 Å². The molecule has 2 aromatic heterocycles. The standard InChI is InChI=1S/C42H24N4/c43-25-27-22-40(45-36-16-8-6-14-32(36)34-24-30(19-20-38(34)45)28-10-2-1-3-11-28)35(26-44)41(23-27)46-37-17-9-7-15-33(37)42-31-13-5-4-12-29(31)18-21-39(42)46/h1-24H. The topological polar surface area (TPSA) is 57.4 Å². The van der Waals surface area contributed by atoms with E-state index in [2.05, 4.69) is 118 Å². The van der Waals surface area contributed by atoms with Crippen molar-refractivity contribution in [3.63, 3.8) is 0 Å². The second kappa shape index (κ2) is 9.96. The number of aromatic nitrogens is 2. The number of hydrogen-bond donors (Lipinski definition) is 0. The number of hydrogen-bond acceptors (Lipinski definition) is 2. The van der Waals surface area contributed by atoms with E-state index in [0.717, 1.165) is 65.5 Å². The van der Waals surface area contributed by atoms with Crippen molar-refractivity contribution in [1.29, 1.82) is 10.5 Å². The van der Waals surface area contributed by atoms with Crippen molar-refractivity contribution in [3.8, 4) is 34.6 Å². The number of para-hydroxylation sites is 2. The third-order valence-electron chi connectivity index (χ3n) is 9.16. The number of benzene rings is 7. The minimum atomic E-state index is 0.488. The molecule has 7 aromatic carbocycles. The Morgan fingerprint density at radius 3 is 1.74 bits per heavy atom. The van der Waals surface area contributed by atoms with E-state index in [1.807, 2.05) is 48.5 Å². The largest absolute Gasteiger partial charge is 0.308 e. The molecule has 0 aliphatic rings. The zero-order valence-corrected chi connectivity index (χ0v) is 24.6. The van der Waals surface area contributed by atoms with Crippen LogP contribution in [-0.2, 0) is 0 Å². The second-order valence-electron chi connectivity index (χ2n) is 11.6. The normalized spacial score (nSPS) is 11.4. The van der Waals surface area contributed by atoms with E-state index >= 15 is 0 Å². The van der Waals surface area contributed by atoms with Gasteiger partial charge in [0.05, 0.1) is 45.1 Å². The number of rotatable bonds is 3. The minimum Gasteiger partial charge on any atom is -0.308 e. The van der Waals surface area contributed by atoms with Gasteiger partial charge in [0.2, 0.25) is 0 Å². The molecule has 4 nitrogen and oxygen atoms in total. The van der Waals surface area contributed by atoms with E-state index < -0.39 is 0 Å². The number of nitrogens with zero attached hydrogens (tertiary/aromatic N) is 4. The summed E-state index contributed by atoms with van der Waals surface area (Å²) >= 11 is 0. The quantitative estimate of drug-likeness (QED) is 0.207. The van der Waals surface area contributed by atoms with Gasteiger partial charge < -0.3 is 9.13 Å². The maximum atomic E-state index is 11.0. The highest BCUT2D eigenvalue weighted by molar-refractivity contribution is 6.21. The van der Waals surface area contributed by atoms with Crippen molar-refractivity contribution in [2.75, 3.05) is 0 Å². The van der Waals surface area contributed by atoms with Crippen molar-refractivity contribution in [1.82, 2.24) is 9.13 Å². The first-order valence-electron chi connectivity index (χ1n) is 15.2. The minimum absolute atomic E-state index is 0.488. The molecule has 0 spiro atoms.